The molecule has 3 heterocycles. The number of piperazine rings is 1. The van der Waals surface area contributed by atoms with Gasteiger partial charge in [-0.15, -0.1) is 0 Å². The number of rotatable bonds is 7. The lowest BCUT2D eigenvalue weighted by molar-refractivity contribution is 0.0589. The van der Waals surface area contributed by atoms with Crippen molar-refractivity contribution in [2.24, 2.45) is 17.3 Å². The van der Waals surface area contributed by atoms with Crippen LogP contribution in [0.2, 0.25) is 0 Å². The molecule has 1 N–H and O–H groups in total. The van der Waals surface area contributed by atoms with Gasteiger partial charge in [0.1, 0.15) is 17.0 Å². The van der Waals surface area contributed by atoms with E-state index in [-0.39, 0.29) is 17.2 Å². The third-order valence-corrected chi connectivity index (χ3v) is 8.83. The summed E-state index contributed by atoms with van der Waals surface area (Å²) in [7, 11) is 1.71. The molecule has 3 fully saturated rings. The molecule has 3 unspecified atom stereocenters. The summed E-state index contributed by atoms with van der Waals surface area (Å²) in [6.07, 6.45) is 10.3. The van der Waals surface area contributed by atoms with E-state index in [1.807, 2.05) is 23.1 Å². The van der Waals surface area contributed by atoms with E-state index < -0.39 is 0 Å². The first kappa shape index (κ1) is 22.7. The molecule has 1 aliphatic heterocycles. The van der Waals surface area contributed by atoms with Gasteiger partial charge in [0, 0.05) is 52.6 Å². The van der Waals surface area contributed by atoms with E-state index in [1.54, 1.807) is 23.3 Å². The standard InChI is InChI=1S/C27H35N5O3/c1-35-14-13-30-9-11-31(12-10-30)26(34)22-17-32-23(3-2-4-24(32)29-22)25(33)28-18-27-8-7-19-5-6-20(15-27)21(19)16-27/h2-4,7,17,20-21H,5-6,8-16,18H2,1H3,(H,28,33). The molecule has 35 heavy (non-hydrogen) atoms. The van der Waals surface area contributed by atoms with Crippen LogP contribution in [0.25, 0.3) is 5.65 Å². The highest BCUT2D eigenvalue weighted by molar-refractivity contribution is 5.95. The van der Waals surface area contributed by atoms with Crippen LogP contribution in [0.4, 0.5) is 0 Å². The average molecular weight is 478 g/mol. The first-order chi connectivity index (χ1) is 17.0. The lowest BCUT2D eigenvalue weighted by Crippen LogP contribution is -2.49. The molecule has 186 valence electrons. The predicted molar refractivity (Wildman–Crippen MR) is 132 cm³/mol. The largest absolute Gasteiger partial charge is 0.383 e. The second kappa shape index (κ2) is 9.06. The molecule has 3 aliphatic carbocycles. The molecule has 0 radical (unpaired) electrons. The molecule has 4 aliphatic rings. The van der Waals surface area contributed by atoms with E-state index in [0.717, 1.165) is 37.9 Å². The Bertz CT molecular complexity index is 1160. The van der Waals surface area contributed by atoms with Crippen LogP contribution in [0.5, 0.6) is 0 Å². The van der Waals surface area contributed by atoms with E-state index >= 15 is 0 Å². The number of carbonyl (C=O) groups excluding carboxylic acids is 2. The van der Waals surface area contributed by atoms with Crippen molar-refractivity contribution in [3.05, 3.63) is 47.4 Å². The third kappa shape index (κ3) is 4.16. The van der Waals surface area contributed by atoms with Crippen LogP contribution < -0.4 is 5.32 Å². The average Bonchev–Trinajstić information content (AvgIpc) is 3.56. The molecular weight excluding hydrogens is 442 g/mol. The molecule has 3 atom stereocenters. The quantitative estimate of drug-likeness (QED) is 0.621. The van der Waals surface area contributed by atoms with E-state index in [0.29, 0.717) is 43.3 Å². The molecular formula is C27H35N5O3. The number of hydrogen-bond acceptors (Lipinski definition) is 5. The monoisotopic (exact) mass is 477 g/mol. The van der Waals surface area contributed by atoms with E-state index in [1.165, 1.54) is 25.7 Å². The molecule has 0 aromatic carbocycles. The maximum Gasteiger partial charge on any atom is 0.274 e. The number of fused-ring (bicyclic) bond motifs is 2. The molecule has 2 aromatic rings. The zero-order valence-corrected chi connectivity index (χ0v) is 20.5. The number of amides is 2. The van der Waals surface area contributed by atoms with Gasteiger partial charge >= 0.3 is 0 Å². The number of aromatic nitrogens is 2. The van der Waals surface area contributed by atoms with Crippen LogP contribution in [0, 0.1) is 17.3 Å². The van der Waals surface area contributed by atoms with Crippen molar-refractivity contribution >= 4 is 17.5 Å². The maximum atomic E-state index is 13.2. The fourth-order valence-electron chi connectivity index (χ4n) is 6.89. The molecule has 2 amide bonds. The number of nitrogens with zero attached hydrogens (tertiary/aromatic N) is 4. The van der Waals surface area contributed by atoms with Gasteiger partial charge in [-0.2, -0.15) is 0 Å². The summed E-state index contributed by atoms with van der Waals surface area (Å²) in [5.41, 5.74) is 3.43. The summed E-state index contributed by atoms with van der Waals surface area (Å²) in [5.74, 6) is 1.40. The number of methoxy groups -OCH3 is 1. The van der Waals surface area contributed by atoms with Crippen LogP contribution in [-0.2, 0) is 4.74 Å². The number of imidazole rings is 1. The summed E-state index contributed by atoms with van der Waals surface area (Å²) < 4.78 is 6.92. The highest BCUT2D eigenvalue weighted by Crippen LogP contribution is 2.59. The van der Waals surface area contributed by atoms with Crippen LogP contribution in [0.1, 0.15) is 53.1 Å². The van der Waals surface area contributed by atoms with Gasteiger partial charge in [-0.3, -0.25) is 18.9 Å². The van der Waals surface area contributed by atoms with Crippen LogP contribution >= 0.6 is 0 Å². The van der Waals surface area contributed by atoms with Crippen molar-refractivity contribution in [2.45, 2.75) is 32.1 Å². The van der Waals surface area contributed by atoms with Gasteiger partial charge in [0.05, 0.1) is 6.61 Å². The van der Waals surface area contributed by atoms with Gasteiger partial charge in [0.2, 0.25) is 0 Å². The SMILES string of the molecule is COCCN1CCN(C(=O)c2cn3c(C(=O)NCC45CC=C6CCC(C4)C6C5)cccc3n2)CC1. The molecule has 2 bridgehead atoms. The molecule has 8 nitrogen and oxygen atoms in total. The number of nitrogens with one attached hydrogen (secondary N) is 1. The van der Waals surface area contributed by atoms with Crippen molar-refractivity contribution in [2.75, 3.05) is 53.0 Å². The van der Waals surface area contributed by atoms with Crippen molar-refractivity contribution in [1.29, 1.82) is 0 Å². The van der Waals surface area contributed by atoms with Gasteiger partial charge in [-0.05, 0) is 61.5 Å². The van der Waals surface area contributed by atoms with Gasteiger partial charge < -0.3 is 15.0 Å². The minimum Gasteiger partial charge on any atom is -0.383 e. The summed E-state index contributed by atoms with van der Waals surface area (Å²) in [6.45, 7) is 5.30. The van der Waals surface area contributed by atoms with Crippen molar-refractivity contribution in [1.82, 2.24) is 24.5 Å². The Labute approximate surface area is 206 Å². The van der Waals surface area contributed by atoms with Gasteiger partial charge in [0.25, 0.3) is 11.8 Å². The number of hydrogen-bond donors (Lipinski definition) is 1. The minimum atomic E-state index is -0.0973. The summed E-state index contributed by atoms with van der Waals surface area (Å²) >= 11 is 0. The zero-order chi connectivity index (χ0) is 24.0. The summed E-state index contributed by atoms with van der Waals surface area (Å²) in [6, 6.07) is 5.50. The fourth-order valence-corrected chi connectivity index (χ4v) is 6.89. The normalized spacial score (nSPS) is 27.9. The molecule has 1 saturated heterocycles. The number of ether oxygens (including phenoxy) is 1. The van der Waals surface area contributed by atoms with Crippen molar-refractivity contribution in [3.63, 3.8) is 0 Å². The maximum absolute atomic E-state index is 13.2. The Morgan fingerprint density at radius 2 is 2.06 bits per heavy atom. The molecule has 2 saturated carbocycles. The van der Waals surface area contributed by atoms with E-state index in [4.69, 9.17) is 4.74 Å². The van der Waals surface area contributed by atoms with Crippen molar-refractivity contribution in [3.8, 4) is 0 Å². The molecule has 6 rings (SSSR count). The first-order valence-corrected chi connectivity index (χ1v) is 13.0. The van der Waals surface area contributed by atoms with Gasteiger partial charge in [0.15, 0.2) is 0 Å². The Morgan fingerprint density at radius 1 is 1.20 bits per heavy atom. The van der Waals surface area contributed by atoms with Gasteiger partial charge in [-0.1, -0.05) is 17.7 Å². The smallest absolute Gasteiger partial charge is 0.274 e. The molecule has 0 spiro atoms. The minimum absolute atomic E-state index is 0.0763. The third-order valence-electron chi connectivity index (χ3n) is 8.83. The summed E-state index contributed by atoms with van der Waals surface area (Å²) in [5, 5.41) is 3.23. The van der Waals surface area contributed by atoms with Crippen LogP contribution in [-0.4, -0.2) is 84.0 Å². The number of carbonyl (C=O) groups is 2. The lowest BCUT2D eigenvalue weighted by Gasteiger charge is -2.34. The Hall–Kier alpha value is -2.71. The number of pyridine rings is 1. The van der Waals surface area contributed by atoms with Gasteiger partial charge in [-0.25, -0.2) is 4.98 Å². The van der Waals surface area contributed by atoms with Crippen LogP contribution in [0.3, 0.4) is 0 Å². The second-order valence-corrected chi connectivity index (χ2v) is 10.9. The Morgan fingerprint density at radius 3 is 2.89 bits per heavy atom. The summed E-state index contributed by atoms with van der Waals surface area (Å²) in [4.78, 5) is 35.1. The zero-order valence-electron chi connectivity index (χ0n) is 20.5. The highest BCUT2D eigenvalue weighted by atomic mass is 16.5. The van der Waals surface area contributed by atoms with E-state index in [2.05, 4.69) is 21.3 Å². The highest BCUT2D eigenvalue weighted by Gasteiger charge is 2.50. The predicted octanol–water partition coefficient (Wildman–Crippen LogP) is 2.60. The van der Waals surface area contributed by atoms with Crippen LogP contribution in [0.15, 0.2) is 36.0 Å². The lowest BCUT2D eigenvalue weighted by atomic mass is 9.76. The first-order valence-electron chi connectivity index (χ1n) is 13.0. The topological polar surface area (TPSA) is 79.2 Å². The number of allylic oxidation sites excluding steroid dienone is 2. The Kier molecular flexibility index (Phi) is 5.89. The Balaban J connectivity index is 1.13. The van der Waals surface area contributed by atoms with E-state index in [9.17, 15) is 9.59 Å². The molecule has 8 heteroatoms. The molecule has 2 aromatic heterocycles. The second-order valence-electron chi connectivity index (χ2n) is 10.9. The fraction of sp³-hybridized carbons (Fsp3) is 0.593. The van der Waals surface area contributed by atoms with Crippen molar-refractivity contribution < 1.29 is 14.3 Å².